The van der Waals surface area contributed by atoms with Gasteiger partial charge in [0.2, 0.25) is 11.8 Å². The standard InChI is InChI=1S/C21H26FN5O3/c1-3-5-17(24-13(2)28)21(30)27-9-8-16-18(12-27)25-26-19(16)20(29)23-11-14-6-4-7-15(22)10-14/h4,6-7,10,17H,3,5,8-9,11-12H2,1-2H3,(H,23,29)(H,24,28)(H,25,26). The lowest BCUT2D eigenvalue weighted by molar-refractivity contribution is -0.137. The van der Waals surface area contributed by atoms with Gasteiger partial charge >= 0.3 is 0 Å². The van der Waals surface area contributed by atoms with Crippen molar-refractivity contribution in [3.05, 3.63) is 52.6 Å². The minimum Gasteiger partial charge on any atom is -0.347 e. The Hall–Kier alpha value is -3.23. The first-order valence-electron chi connectivity index (χ1n) is 10.0. The van der Waals surface area contributed by atoms with Crippen LogP contribution in [0.3, 0.4) is 0 Å². The summed E-state index contributed by atoms with van der Waals surface area (Å²) >= 11 is 0. The summed E-state index contributed by atoms with van der Waals surface area (Å²) in [5.41, 5.74) is 2.44. The van der Waals surface area contributed by atoms with E-state index in [1.807, 2.05) is 6.92 Å². The van der Waals surface area contributed by atoms with E-state index in [2.05, 4.69) is 20.8 Å². The Morgan fingerprint density at radius 2 is 2.13 bits per heavy atom. The Morgan fingerprint density at radius 3 is 2.83 bits per heavy atom. The monoisotopic (exact) mass is 415 g/mol. The quantitative estimate of drug-likeness (QED) is 0.639. The van der Waals surface area contributed by atoms with E-state index < -0.39 is 6.04 Å². The minimum atomic E-state index is -0.550. The maximum atomic E-state index is 13.3. The molecule has 0 radical (unpaired) electrons. The summed E-state index contributed by atoms with van der Waals surface area (Å²) in [4.78, 5) is 38.5. The molecule has 2 aromatic rings. The fraction of sp³-hybridized carbons (Fsp3) is 0.429. The summed E-state index contributed by atoms with van der Waals surface area (Å²) in [5, 5.41) is 12.5. The van der Waals surface area contributed by atoms with Gasteiger partial charge in [0.15, 0.2) is 5.69 Å². The molecule has 1 atom stereocenters. The zero-order chi connectivity index (χ0) is 21.7. The van der Waals surface area contributed by atoms with Gasteiger partial charge in [-0.25, -0.2) is 4.39 Å². The van der Waals surface area contributed by atoms with Crippen LogP contribution in [0.15, 0.2) is 24.3 Å². The van der Waals surface area contributed by atoms with Crippen molar-refractivity contribution in [1.29, 1.82) is 0 Å². The molecule has 0 aliphatic carbocycles. The van der Waals surface area contributed by atoms with Crippen LogP contribution in [-0.2, 0) is 29.1 Å². The van der Waals surface area contributed by atoms with E-state index in [1.54, 1.807) is 17.0 Å². The van der Waals surface area contributed by atoms with Gasteiger partial charge in [-0.15, -0.1) is 0 Å². The number of benzene rings is 1. The fourth-order valence-electron chi connectivity index (χ4n) is 3.62. The van der Waals surface area contributed by atoms with Crippen LogP contribution in [0, 0.1) is 5.82 Å². The van der Waals surface area contributed by atoms with E-state index in [9.17, 15) is 18.8 Å². The molecule has 2 heterocycles. The molecule has 3 N–H and O–H groups in total. The first-order valence-corrected chi connectivity index (χ1v) is 10.0. The van der Waals surface area contributed by atoms with E-state index in [4.69, 9.17) is 0 Å². The molecule has 1 aromatic carbocycles. The first kappa shape index (κ1) is 21.5. The maximum Gasteiger partial charge on any atom is 0.272 e. The number of aromatic amines is 1. The van der Waals surface area contributed by atoms with Crippen molar-refractivity contribution in [2.24, 2.45) is 0 Å². The van der Waals surface area contributed by atoms with Crippen molar-refractivity contribution in [3.63, 3.8) is 0 Å². The number of aromatic nitrogens is 2. The van der Waals surface area contributed by atoms with Crippen LogP contribution >= 0.6 is 0 Å². The number of hydrogen-bond donors (Lipinski definition) is 3. The van der Waals surface area contributed by atoms with Crippen molar-refractivity contribution >= 4 is 17.7 Å². The van der Waals surface area contributed by atoms with Crippen LogP contribution in [0.2, 0.25) is 0 Å². The molecule has 1 aliphatic heterocycles. The molecule has 1 unspecified atom stereocenters. The molecule has 0 bridgehead atoms. The number of H-pyrrole nitrogens is 1. The highest BCUT2D eigenvalue weighted by Crippen LogP contribution is 2.21. The third-order valence-electron chi connectivity index (χ3n) is 5.06. The highest BCUT2D eigenvalue weighted by Gasteiger charge is 2.30. The number of nitrogens with zero attached hydrogens (tertiary/aromatic N) is 2. The minimum absolute atomic E-state index is 0.135. The lowest BCUT2D eigenvalue weighted by atomic mass is 10.0. The highest BCUT2D eigenvalue weighted by atomic mass is 19.1. The van der Waals surface area contributed by atoms with Crippen molar-refractivity contribution in [3.8, 4) is 0 Å². The van der Waals surface area contributed by atoms with Crippen molar-refractivity contribution in [2.45, 2.75) is 52.2 Å². The molecular weight excluding hydrogens is 389 g/mol. The predicted octanol–water partition coefficient (Wildman–Crippen LogP) is 1.67. The van der Waals surface area contributed by atoms with E-state index in [-0.39, 0.29) is 30.1 Å². The average molecular weight is 415 g/mol. The van der Waals surface area contributed by atoms with E-state index in [0.717, 1.165) is 12.0 Å². The molecule has 1 aromatic heterocycles. The van der Waals surface area contributed by atoms with Crippen LogP contribution in [0.4, 0.5) is 4.39 Å². The van der Waals surface area contributed by atoms with Crippen LogP contribution in [0.5, 0.6) is 0 Å². The Kier molecular flexibility index (Phi) is 6.81. The normalized spacial score (nSPS) is 14.0. The molecule has 160 valence electrons. The smallest absolute Gasteiger partial charge is 0.272 e. The topological polar surface area (TPSA) is 107 Å². The van der Waals surface area contributed by atoms with Gasteiger partial charge in [0.05, 0.1) is 12.2 Å². The third kappa shape index (κ3) is 5.03. The fourth-order valence-corrected chi connectivity index (χ4v) is 3.62. The van der Waals surface area contributed by atoms with Crippen molar-refractivity contribution in [1.82, 2.24) is 25.7 Å². The summed E-state index contributed by atoms with van der Waals surface area (Å²) in [6.45, 7) is 4.29. The molecule has 9 heteroatoms. The average Bonchev–Trinajstić information content (AvgIpc) is 3.14. The summed E-state index contributed by atoms with van der Waals surface area (Å²) in [7, 11) is 0. The molecule has 0 fully saturated rings. The van der Waals surface area contributed by atoms with E-state index in [0.29, 0.717) is 42.9 Å². The first-order chi connectivity index (χ1) is 14.4. The molecular formula is C21H26FN5O3. The third-order valence-corrected chi connectivity index (χ3v) is 5.06. The number of rotatable bonds is 7. The maximum absolute atomic E-state index is 13.3. The molecule has 1 aliphatic rings. The van der Waals surface area contributed by atoms with Crippen molar-refractivity contribution in [2.75, 3.05) is 6.54 Å². The van der Waals surface area contributed by atoms with Crippen LogP contribution in [0.1, 0.15) is 54.0 Å². The van der Waals surface area contributed by atoms with Crippen LogP contribution < -0.4 is 10.6 Å². The SMILES string of the molecule is CCCC(NC(C)=O)C(=O)N1CCc2c(C(=O)NCc3cccc(F)c3)n[nH]c2C1. The molecule has 8 nitrogen and oxygen atoms in total. The van der Waals surface area contributed by atoms with E-state index >= 15 is 0 Å². The van der Waals surface area contributed by atoms with Gasteiger partial charge in [0.1, 0.15) is 11.9 Å². The Morgan fingerprint density at radius 1 is 1.33 bits per heavy atom. The predicted molar refractivity (Wildman–Crippen MR) is 108 cm³/mol. The summed E-state index contributed by atoms with van der Waals surface area (Å²) in [5.74, 6) is -1.08. The number of carbonyl (C=O) groups excluding carboxylic acids is 3. The molecule has 0 spiro atoms. The highest BCUT2D eigenvalue weighted by molar-refractivity contribution is 5.94. The van der Waals surface area contributed by atoms with Gasteiger partial charge < -0.3 is 15.5 Å². The van der Waals surface area contributed by atoms with Crippen molar-refractivity contribution < 1.29 is 18.8 Å². The number of fused-ring (bicyclic) bond motifs is 1. The van der Waals surface area contributed by atoms with E-state index in [1.165, 1.54) is 19.1 Å². The number of amides is 3. The Balaban J connectivity index is 1.65. The largest absolute Gasteiger partial charge is 0.347 e. The second-order valence-corrected chi connectivity index (χ2v) is 7.39. The van der Waals surface area contributed by atoms with Crippen LogP contribution in [-0.4, -0.2) is 45.4 Å². The zero-order valence-corrected chi connectivity index (χ0v) is 17.1. The van der Waals surface area contributed by atoms with Gasteiger partial charge in [0, 0.05) is 25.6 Å². The molecule has 0 saturated carbocycles. The second kappa shape index (κ2) is 9.51. The van der Waals surface area contributed by atoms with Gasteiger partial charge in [0.25, 0.3) is 5.91 Å². The Labute approximate surface area is 174 Å². The molecule has 3 rings (SSSR count). The van der Waals surface area contributed by atoms with Gasteiger partial charge in [-0.1, -0.05) is 25.5 Å². The second-order valence-electron chi connectivity index (χ2n) is 7.39. The lowest BCUT2D eigenvalue weighted by Crippen LogP contribution is -2.49. The molecule has 30 heavy (non-hydrogen) atoms. The zero-order valence-electron chi connectivity index (χ0n) is 17.1. The Bertz CT molecular complexity index is 942. The summed E-state index contributed by atoms with van der Waals surface area (Å²) < 4.78 is 13.3. The summed E-state index contributed by atoms with van der Waals surface area (Å²) in [6, 6.07) is 5.48. The summed E-state index contributed by atoms with van der Waals surface area (Å²) in [6.07, 6.45) is 1.83. The van der Waals surface area contributed by atoms with Crippen LogP contribution in [0.25, 0.3) is 0 Å². The molecule has 3 amide bonds. The number of carbonyl (C=O) groups is 3. The number of nitrogens with one attached hydrogen (secondary N) is 3. The van der Waals surface area contributed by atoms with Gasteiger partial charge in [-0.05, 0) is 30.5 Å². The van der Waals surface area contributed by atoms with Gasteiger partial charge in [-0.3, -0.25) is 19.5 Å². The molecule has 0 saturated heterocycles. The number of hydrogen-bond acceptors (Lipinski definition) is 4. The lowest BCUT2D eigenvalue weighted by Gasteiger charge is -2.30. The number of halogens is 1. The van der Waals surface area contributed by atoms with Gasteiger partial charge in [-0.2, -0.15) is 5.10 Å².